The minimum absolute atomic E-state index is 0.00583. The van der Waals surface area contributed by atoms with Crippen LogP contribution in [-0.4, -0.2) is 69.1 Å². The summed E-state index contributed by atoms with van der Waals surface area (Å²) in [5, 5.41) is 12.9. The van der Waals surface area contributed by atoms with Gasteiger partial charge in [0.1, 0.15) is 6.04 Å². The number of rotatable bonds is 7. The molecular weight excluding hydrogens is 380 g/mol. The van der Waals surface area contributed by atoms with Gasteiger partial charge in [0.05, 0.1) is 35.8 Å². The number of ether oxygens (including phenoxy) is 1. The Kier molecular flexibility index (Phi) is 6.01. The van der Waals surface area contributed by atoms with Crippen molar-refractivity contribution in [2.75, 3.05) is 13.2 Å². The van der Waals surface area contributed by atoms with Gasteiger partial charge in [0.25, 0.3) is 0 Å². The van der Waals surface area contributed by atoms with Crippen molar-refractivity contribution in [3.8, 4) is 0 Å². The third kappa shape index (κ3) is 2.95. The van der Waals surface area contributed by atoms with Crippen LogP contribution in [0, 0.1) is 17.8 Å². The number of nitrogens with one attached hydrogen (secondary N) is 1. The van der Waals surface area contributed by atoms with Crippen LogP contribution in [0.15, 0.2) is 0 Å². The van der Waals surface area contributed by atoms with Crippen LogP contribution < -0.4 is 5.32 Å². The first-order valence-electron chi connectivity index (χ1n) is 10.3. The van der Waals surface area contributed by atoms with Gasteiger partial charge in [-0.2, -0.15) is 0 Å². The third-order valence-corrected chi connectivity index (χ3v) is 8.57. The van der Waals surface area contributed by atoms with Crippen molar-refractivity contribution in [1.82, 2.24) is 10.2 Å². The van der Waals surface area contributed by atoms with Gasteiger partial charge in [-0.15, -0.1) is 11.8 Å². The van der Waals surface area contributed by atoms with Crippen molar-refractivity contribution in [1.29, 1.82) is 0 Å². The zero-order valence-electron chi connectivity index (χ0n) is 17.3. The molecular formula is C20H32N2O5S. The third-order valence-electron chi connectivity index (χ3n) is 6.50. The Hall–Kier alpha value is -1.28. The fourth-order valence-corrected chi connectivity index (χ4v) is 7.83. The summed E-state index contributed by atoms with van der Waals surface area (Å²) in [4.78, 5) is 41.2. The molecule has 0 aromatic carbocycles. The number of esters is 1. The van der Waals surface area contributed by atoms with E-state index in [-0.39, 0.29) is 48.2 Å². The molecule has 0 aromatic rings. The van der Waals surface area contributed by atoms with Crippen LogP contribution in [-0.2, 0) is 19.1 Å². The Morgan fingerprint density at radius 3 is 2.61 bits per heavy atom. The smallest absolute Gasteiger partial charge is 0.310 e. The maximum Gasteiger partial charge on any atom is 0.310 e. The van der Waals surface area contributed by atoms with E-state index in [1.165, 1.54) is 0 Å². The fourth-order valence-electron chi connectivity index (χ4n) is 5.44. The quantitative estimate of drug-likeness (QED) is 0.610. The molecule has 0 saturated carbocycles. The van der Waals surface area contributed by atoms with E-state index in [9.17, 15) is 19.5 Å². The number of amides is 2. The van der Waals surface area contributed by atoms with E-state index in [0.717, 1.165) is 6.42 Å². The van der Waals surface area contributed by atoms with Gasteiger partial charge in [0.2, 0.25) is 11.8 Å². The summed E-state index contributed by atoms with van der Waals surface area (Å²) in [6, 6.07) is -1.19. The lowest BCUT2D eigenvalue weighted by molar-refractivity contribution is -0.154. The molecule has 3 fully saturated rings. The average molecular weight is 413 g/mol. The number of hydrogen-bond donors (Lipinski definition) is 2. The SMILES string of the molecule is CCOC(=O)[C@@H]1[C@H]2C(=O)N([C@@H](CC)CO)C(C(=O)NC(C)C)C23S[C@@H]1CC3C. The van der Waals surface area contributed by atoms with E-state index < -0.39 is 28.7 Å². The molecule has 0 aromatic heterocycles. The number of aliphatic hydroxyl groups excluding tert-OH is 1. The van der Waals surface area contributed by atoms with Crippen molar-refractivity contribution >= 4 is 29.5 Å². The highest BCUT2D eigenvalue weighted by molar-refractivity contribution is 8.02. The van der Waals surface area contributed by atoms with Gasteiger partial charge in [-0.25, -0.2) is 0 Å². The molecule has 0 aliphatic carbocycles. The normalized spacial score (nSPS) is 37.3. The highest BCUT2D eigenvalue weighted by Gasteiger charge is 2.76. The molecule has 3 saturated heterocycles. The molecule has 2 bridgehead atoms. The second-order valence-electron chi connectivity index (χ2n) is 8.46. The average Bonchev–Trinajstić information content (AvgIpc) is 3.20. The van der Waals surface area contributed by atoms with Gasteiger partial charge >= 0.3 is 5.97 Å². The Balaban J connectivity index is 2.09. The van der Waals surface area contributed by atoms with Crippen molar-refractivity contribution < 1.29 is 24.2 Å². The largest absolute Gasteiger partial charge is 0.466 e. The van der Waals surface area contributed by atoms with Crippen LogP contribution in [0.25, 0.3) is 0 Å². The first-order chi connectivity index (χ1) is 13.2. The molecule has 3 unspecified atom stereocenters. The van der Waals surface area contributed by atoms with Crippen molar-refractivity contribution in [3.63, 3.8) is 0 Å². The standard InChI is InChI=1S/C20H32N2O5S/c1-6-12(9-23)22-16(17(24)21-10(3)4)20-11(5)8-13(28-20)14(15(20)18(22)25)19(26)27-7-2/h10-16,23H,6-9H2,1-5H3,(H,21,24)/t11?,12-,13+,14-,15-,16?,20?/m0/s1. The molecule has 7 atom stereocenters. The minimum atomic E-state index is -0.686. The number of thioether (sulfide) groups is 1. The molecule has 28 heavy (non-hydrogen) atoms. The Bertz CT molecular complexity index is 653. The molecule has 2 N–H and O–H groups in total. The topological polar surface area (TPSA) is 95.9 Å². The summed E-state index contributed by atoms with van der Waals surface area (Å²) >= 11 is 1.62. The number of aliphatic hydroxyl groups is 1. The zero-order valence-corrected chi connectivity index (χ0v) is 18.1. The lowest BCUT2D eigenvalue weighted by atomic mass is 9.66. The van der Waals surface area contributed by atoms with Gasteiger partial charge in [-0.1, -0.05) is 13.8 Å². The van der Waals surface area contributed by atoms with Gasteiger partial charge in [0, 0.05) is 11.3 Å². The Morgan fingerprint density at radius 1 is 1.39 bits per heavy atom. The van der Waals surface area contributed by atoms with Crippen molar-refractivity contribution in [2.45, 2.75) is 75.6 Å². The van der Waals surface area contributed by atoms with E-state index in [4.69, 9.17) is 4.74 Å². The summed E-state index contributed by atoms with van der Waals surface area (Å²) in [6.45, 7) is 9.58. The van der Waals surface area contributed by atoms with Crippen LogP contribution in [0.4, 0.5) is 0 Å². The predicted molar refractivity (Wildman–Crippen MR) is 107 cm³/mol. The number of nitrogens with zero attached hydrogens (tertiary/aromatic N) is 1. The summed E-state index contributed by atoms with van der Waals surface area (Å²) < 4.78 is 4.65. The number of hydrogen-bond acceptors (Lipinski definition) is 6. The van der Waals surface area contributed by atoms with Crippen molar-refractivity contribution in [3.05, 3.63) is 0 Å². The first kappa shape index (κ1) is 21.4. The van der Waals surface area contributed by atoms with Gasteiger partial charge in [0.15, 0.2) is 0 Å². The number of likely N-dealkylation sites (tertiary alicyclic amines) is 1. The molecule has 7 nitrogen and oxygen atoms in total. The predicted octanol–water partition coefficient (Wildman–Crippen LogP) is 1.18. The molecule has 3 aliphatic heterocycles. The van der Waals surface area contributed by atoms with Crippen LogP contribution in [0.1, 0.15) is 47.5 Å². The Morgan fingerprint density at radius 2 is 2.07 bits per heavy atom. The van der Waals surface area contributed by atoms with Crippen LogP contribution in [0.2, 0.25) is 0 Å². The molecule has 3 heterocycles. The van der Waals surface area contributed by atoms with Crippen LogP contribution in [0.5, 0.6) is 0 Å². The molecule has 3 aliphatic rings. The highest BCUT2D eigenvalue weighted by Crippen LogP contribution is 2.68. The zero-order chi connectivity index (χ0) is 20.8. The molecule has 0 radical (unpaired) electrons. The molecule has 8 heteroatoms. The van der Waals surface area contributed by atoms with E-state index >= 15 is 0 Å². The summed E-state index contributed by atoms with van der Waals surface area (Å²) in [7, 11) is 0. The lowest BCUT2D eigenvalue weighted by Gasteiger charge is -2.40. The van der Waals surface area contributed by atoms with Gasteiger partial charge in [-0.3, -0.25) is 14.4 Å². The maximum absolute atomic E-state index is 13.6. The summed E-state index contributed by atoms with van der Waals surface area (Å²) in [6.07, 6.45) is 1.33. The van der Waals surface area contributed by atoms with E-state index in [2.05, 4.69) is 12.2 Å². The molecule has 3 rings (SSSR count). The fraction of sp³-hybridized carbons (Fsp3) is 0.850. The summed E-state index contributed by atoms with van der Waals surface area (Å²) in [5.74, 6) is -1.70. The van der Waals surface area contributed by atoms with E-state index in [1.54, 1.807) is 23.6 Å². The van der Waals surface area contributed by atoms with Gasteiger partial charge in [-0.05, 0) is 39.5 Å². The number of fused-ring (bicyclic) bond motifs is 1. The molecule has 158 valence electrons. The molecule has 1 spiro atoms. The highest BCUT2D eigenvalue weighted by atomic mass is 32.2. The maximum atomic E-state index is 13.6. The minimum Gasteiger partial charge on any atom is -0.466 e. The first-order valence-corrected chi connectivity index (χ1v) is 11.2. The number of carbonyl (C=O) groups excluding carboxylic acids is 3. The lowest BCUT2D eigenvalue weighted by Crippen LogP contribution is -2.59. The second kappa shape index (κ2) is 7.86. The Labute approximate surface area is 170 Å². The van der Waals surface area contributed by atoms with E-state index in [0.29, 0.717) is 6.42 Å². The second-order valence-corrected chi connectivity index (χ2v) is 10.0. The molecule has 2 amide bonds. The van der Waals surface area contributed by atoms with E-state index in [1.807, 2.05) is 20.8 Å². The van der Waals surface area contributed by atoms with Gasteiger partial charge < -0.3 is 20.1 Å². The monoisotopic (exact) mass is 412 g/mol. The van der Waals surface area contributed by atoms with Crippen molar-refractivity contribution in [2.24, 2.45) is 17.8 Å². The summed E-state index contributed by atoms with van der Waals surface area (Å²) in [5.41, 5.74) is 0. The van der Waals surface area contributed by atoms with Crippen LogP contribution >= 0.6 is 11.8 Å². The van der Waals surface area contributed by atoms with Crippen LogP contribution in [0.3, 0.4) is 0 Å². The number of carbonyl (C=O) groups is 3.